The van der Waals surface area contributed by atoms with Gasteiger partial charge < -0.3 is 10.1 Å². The second-order valence-corrected chi connectivity index (χ2v) is 5.31. The lowest BCUT2D eigenvalue weighted by Crippen LogP contribution is -2.21. The molecule has 0 bridgehead atoms. The molecule has 0 spiro atoms. The van der Waals surface area contributed by atoms with E-state index >= 15 is 0 Å². The molecule has 0 saturated carbocycles. The Morgan fingerprint density at radius 3 is 3.00 bits per heavy atom. The molecule has 0 fully saturated rings. The zero-order chi connectivity index (χ0) is 13.0. The number of benzene rings is 1. The molecule has 1 aromatic carbocycles. The van der Waals surface area contributed by atoms with Crippen LogP contribution in [0.1, 0.15) is 56.7 Å². The Bertz CT molecular complexity index is 389. The predicted molar refractivity (Wildman–Crippen MR) is 76.2 cm³/mol. The van der Waals surface area contributed by atoms with Crippen LogP contribution >= 0.6 is 0 Å². The summed E-state index contributed by atoms with van der Waals surface area (Å²) in [5, 5.41) is 3.40. The number of aryl methyl sites for hydroxylation is 1. The van der Waals surface area contributed by atoms with E-state index in [4.69, 9.17) is 4.74 Å². The van der Waals surface area contributed by atoms with Crippen molar-refractivity contribution in [3.05, 3.63) is 29.3 Å². The zero-order valence-electron chi connectivity index (χ0n) is 11.8. The van der Waals surface area contributed by atoms with Gasteiger partial charge in [-0.2, -0.15) is 0 Å². The van der Waals surface area contributed by atoms with Crippen molar-refractivity contribution >= 4 is 0 Å². The summed E-state index contributed by atoms with van der Waals surface area (Å²) < 4.78 is 5.97. The highest BCUT2D eigenvalue weighted by molar-refractivity contribution is 5.39. The summed E-state index contributed by atoms with van der Waals surface area (Å²) in [5.41, 5.74) is 2.92. The number of hydrogen-bond acceptors (Lipinski definition) is 2. The van der Waals surface area contributed by atoms with Gasteiger partial charge in [0, 0.05) is 6.04 Å². The standard InChI is InChI=1S/C16H25NO/c1-4-6-12(2)18-14-9-10-15-13(11-14)7-5-8-16(15)17-3/h9-12,16-17H,4-8H2,1-3H3. The number of nitrogens with one attached hydrogen (secondary N) is 1. The number of fused-ring (bicyclic) bond motifs is 1. The lowest BCUT2D eigenvalue weighted by atomic mass is 9.87. The normalized spacial score (nSPS) is 20.3. The van der Waals surface area contributed by atoms with Crippen molar-refractivity contribution in [2.75, 3.05) is 7.05 Å². The Hall–Kier alpha value is -1.02. The Morgan fingerprint density at radius 1 is 1.44 bits per heavy atom. The lowest BCUT2D eigenvalue weighted by Gasteiger charge is -2.26. The smallest absolute Gasteiger partial charge is 0.119 e. The molecule has 2 nitrogen and oxygen atoms in total. The van der Waals surface area contributed by atoms with E-state index in [1.165, 1.54) is 36.8 Å². The minimum absolute atomic E-state index is 0.316. The van der Waals surface area contributed by atoms with Gasteiger partial charge in [-0.15, -0.1) is 0 Å². The topological polar surface area (TPSA) is 21.3 Å². The molecule has 0 aromatic heterocycles. The van der Waals surface area contributed by atoms with Gasteiger partial charge in [0.2, 0.25) is 0 Å². The summed E-state index contributed by atoms with van der Waals surface area (Å²) in [6, 6.07) is 7.13. The fourth-order valence-electron chi connectivity index (χ4n) is 2.86. The highest BCUT2D eigenvalue weighted by Crippen LogP contribution is 2.32. The summed E-state index contributed by atoms with van der Waals surface area (Å²) in [6.45, 7) is 4.35. The molecule has 2 heteroatoms. The van der Waals surface area contributed by atoms with Gasteiger partial charge in [-0.25, -0.2) is 0 Å². The summed E-state index contributed by atoms with van der Waals surface area (Å²) in [7, 11) is 2.05. The fraction of sp³-hybridized carbons (Fsp3) is 0.625. The van der Waals surface area contributed by atoms with Crippen molar-refractivity contribution in [2.45, 2.75) is 58.1 Å². The van der Waals surface area contributed by atoms with Crippen molar-refractivity contribution in [1.29, 1.82) is 0 Å². The van der Waals surface area contributed by atoms with Crippen LogP contribution in [0.3, 0.4) is 0 Å². The van der Waals surface area contributed by atoms with Crippen LogP contribution in [0, 0.1) is 0 Å². The van der Waals surface area contributed by atoms with Gasteiger partial charge in [-0.3, -0.25) is 0 Å². The van der Waals surface area contributed by atoms with Crippen LogP contribution in [0.4, 0.5) is 0 Å². The van der Waals surface area contributed by atoms with E-state index in [2.05, 4.69) is 37.4 Å². The van der Waals surface area contributed by atoms with E-state index in [0.717, 1.165) is 12.2 Å². The van der Waals surface area contributed by atoms with Crippen LogP contribution in [0.15, 0.2) is 18.2 Å². The Balaban J connectivity index is 2.11. The third-order valence-electron chi connectivity index (χ3n) is 3.81. The molecule has 1 aliphatic carbocycles. The highest BCUT2D eigenvalue weighted by atomic mass is 16.5. The molecule has 2 rings (SSSR count). The largest absolute Gasteiger partial charge is 0.491 e. The van der Waals surface area contributed by atoms with Gasteiger partial charge in [0.1, 0.15) is 5.75 Å². The number of hydrogen-bond donors (Lipinski definition) is 1. The first-order valence-electron chi connectivity index (χ1n) is 7.21. The Morgan fingerprint density at radius 2 is 2.28 bits per heavy atom. The van der Waals surface area contributed by atoms with E-state index in [1.807, 2.05) is 7.05 Å². The molecular weight excluding hydrogens is 222 g/mol. The summed E-state index contributed by atoms with van der Waals surface area (Å²) in [4.78, 5) is 0. The molecule has 2 atom stereocenters. The minimum atomic E-state index is 0.316. The maximum absolute atomic E-state index is 5.97. The molecule has 0 saturated heterocycles. The molecule has 1 aromatic rings. The van der Waals surface area contributed by atoms with Crippen LogP contribution in [-0.4, -0.2) is 13.2 Å². The van der Waals surface area contributed by atoms with Crippen molar-refractivity contribution in [2.24, 2.45) is 0 Å². The first kappa shape index (κ1) is 13.4. The quantitative estimate of drug-likeness (QED) is 0.853. The second kappa shape index (κ2) is 6.24. The van der Waals surface area contributed by atoms with Gasteiger partial charge in [0.05, 0.1) is 6.10 Å². The maximum Gasteiger partial charge on any atom is 0.119 e. The molecule has 0 radical (unpaired) electrons. The van der Waals surface area contributed by atoms with Crippen LogP contribution in [0.25, 0.3) is 0 Å². The van der Waals surface area contributed by atoms with E-state index in [-0.39, 0.29) is 0 Å². The second-order valence-electron chi connectivity index (χ2n) is 5.31. The minimum Gasteiger partial charge on any atom is -0.491 e. The monoisotopic (exact) mass is 247 g/mol. The molecule has 1 aliphatic rings. The number of ether oxygens (including phenoxy) is 1. The number of rotatable bonds is 5. The average molecular weight is 247 g/mol. The van der Waals surface area contributed by atoms with E-state index in [0.29, 0.717) is 12.1 Å². The summed E-state index contributed by atoms with van der Waals surface area (Å²) in [6.07, 6.45) is 6.32. The zero-order valence-corrected chi connectivity index (χ0v) is 11.8. The van der Waals surface area contributed by atoms with E-state index in [1.54, 1.807) is 0 Å². The first-order valence-corrected chi connectivity index (χ1v) is 7.21. The maximum atomic E-state index is 5.97. The van der Waals surface area contributed by atoms with Crippen molar-refractivity contribution in [3.8, 4) is 5.75 Å². The fourth-order valence-corrected chi connectivity index (χ4v) is 2.86. The highest BCUT2D eigenvalue weighted by Gasteiger charge is 2.19. The van der Waals surface area contributed by atoms with Crippen molar-refractivity contribution in [1.82, 2.24) is 5.32 Å². The lowest BCUT2D eigenvalue weighted by molar-refractivity contribution is 0.209. The van der Waals surface area contributed by atoms with E-state index < -0.39 is 0 Å². The molecule has 100 valence electrons. The molecule has 0 aliphatic heterocycles. The van der Waals surface area contributed by atoms with Crippen molar-refractivity contribution < 1.29 is 4.74 Å². The van der Waals surface area contributed by atoms with Crippen LogP contribution < -0.4 is 10.1 Å². The Labute approximate surface area is 111 Å². The molecular formula is C16H25NO. The van der Waals surface area contributed by atoms with Gasteiger partial charge in [-0.05, 0) is 62.9 Å². The first-order chi connectivity index (χ1) is 8.74. The third kappa shape index (κ3) is 3.05. The molecule has 0 amide bonds. The van der Waals surface area contributed by atoms with E-state index in [9.17, 15) is 0 Å². The van der Waals surface area contributed by atoms with Crippen LogP contribution in [0.2, 0.25) is 0 Å². The SMILES string of the molecule is CCCC(C)Oc1ccc2c(c1)CCCC2NC. The molecule has 1 N–H and O–H groups in total. The summed E-state index contributed by atoms with van der Waals surface area (Å²) >= 11 is 0. The average Bonchev–Trinajstić information content (AvgIpc) is 2.38. The third-order valence-corrected chi connectivity index (χ3v) is 3.81. The predicted octanol–water partition coefficient (Wildman–Crippen LogP) is 3.85. The Kier molecular flexibility index (Phi) is 4.65. The van der Waals surface area contributed by atoms with Crippen LogP contribution in [-0.2, 0) is 6.42 Å². The van der Waals surface area contributed by atoms with Gasteiger partial charge in [-0.1, -0.05) is 19.4 Å². The van der Waals surface area contributed by atoms with Gasteiger partial charge in [0.15, 0.2) is 0 Å². The van der Waals surface area contributed by atoms with Gasteiger partial charge in [0.25, 0.3) is 0 Å². The molecule has 18 heavy (non-hydrogen) atoms. The van der Waals surface area contributed by atoms with Crippen molar-refractivity contribution in [3.63, 3.8) is 0 Å². The van der Waals surface area contributed by atoms with Crippen LogP contribution in [0.5, 0.6) is 5.75 Å². The molecule has 0 heterocycles. The van der Waals surface area contributed by atoms with Gasteiger partial charge >= 0.3 is 0 Å². The summed E-state index contributed by atoms with van der Waals surface area (Å²) in [5.74, 6) is 1.03. The molecule has 2 unspecified atom stereocenters.